The van der Waals surface area contributed by atoms with Crippen LogP contribution in [-0.4, -0.2) is 10.0 Å². The fraction of sp³-hybridized carbons (Fsp3) is 0.0909. The van der Waals surface area contributed by atoms with E-state index in [1.807, 2.05) is 0 Å². The second kappa shape index (κ2) is 4.16. The van der Waals surface area contributed by atoms with E-state index in [0.29, 0.717) is 5.56 Å². The molecule has 1 aromatic heterocycles. The highest BCUT2D eigenvalue weighted by atomic mass is 16.6. The minimum atomic E-state index is -1.04. The molecule has 0 spiro atoms. The number of nitrogens with zero attached hydrogens (tertiary/aromatic N) is 1. The molecule has 0 aliphatic heterocycles. The molecule has 0 saturated heterocycles. The Kier molecular flexibility index (Phi) is 2.70. The molecule has 1 heterocycles. The van der Waals surface area contributed by atoms with Crippen molar-refractivity contribution in [3.05, 3.63) is 64.1 Å². The topological polar surface area (TPSA) is 76.5 Å². The van der Waals surface area contributed by atoms with E-state index in [1.165, 1.54) is 24.7 Å². The summed E-state index contributed by atoms with van der Waals surface area (Å²) in [6.45, 7) is 0. The molecule has 5 heteroatoms. The second-order valence-corrected chi connectivity index (χ2v) is 3.28. The zero-order valence-corrected chi connectivity index (χ0v) is 8.24. The van der Waals surface area contributed by atoms with Gasteiger partial charge in [-0.1, -0.05) is 12.1 Å². The van der Waals surface area contributed by atoms with Gasteiger partial charge in [0, 0.05) is 11.6 Å². The Hall–Kier alpha value is -2.14. The van der Waals surface area contributed by atoms with Crippen molar-refractivity contribution in [2.75, 3.05) is 0 Å². The monoisotopic (exact) mass is 219 g/mol. The highest BCUT2D eigenvalue weighted by molar-refractivity contribution is 5.44. The average Bonchev–Trinajstić information content (AvgIpc) is 2.81. The van der Waals surface area contributed by atoms with Crippen molar-refractivity contribution in [1.82, 2.24) is 0 Å². The summed E-state index contributed by atoms with van der Waals surface area (Å²) in [6, 6.07) is 7.66. The van der Waals surface area contributed by atoms with Crippen LogP contribution in [0.4, 0.5) is 5.69 Å². The number of nitro benzene ring substituents is 1. The molecule has 82 valence electrons. The van der Waals surface area contributed by atoms with Crippen molar-refractivity contribution >= 4 is 5.69 Å². The lowest BCUT2D eigenvalue weighted by molar-refractivity contribution is -0.386. The molecule has 0 aliphatic carbocycles. The van der Waals surface area contributed by atoms with Gasteiger partial charge < -0.3 is 9.52 Å². The molecule has 5 nitrogen and oxygen atoms in total. The van der Waals surface area contributed by atoms with E-state index in [-0.39, 0.29) is 11.3 Å². The van der Waals surface area contributed by atoms with Crippen molar-refractivity contribution < 1.29 is 14.4 Å². The average molecular weight is 219 g/mol. The van der Waals surface area contributed by atoms with Crippen LogP contribution in [0.5, 0.6) is 0 Å². The Morgan fingerprint density at radius 1 is 1.31 bits per heavy atom. The number of furan rings is 1. The standard InChI is InChI=1S/C11H9NO4/c13-11(8-5-6-16-7-8)9-3-1-2-4-10(9)12(14)15/h1-7,11,13H/t11-/m1/s1. The van der Waals surface area contributed by atoms with Crippen LogP contribution in [0.3, 0.4) is 0 Å². The highest BCUT2D eigenvalue weighted by Crippen LogP contribution is 2.29. The Morgan fingerprint density at radius 3 is 2.69 bits per heavy atom. The lowest BCUT2D eigenvalue weighted by Gasteiger charge is -2.08. The third-order valence-electron chi connectivity index (χ3n) is 2.29. The number of benzene rings is 1. The maximum absolute atomic E-state index is 10.8. The molecule has 1 atom stereocenters. The van der Waals surface area contributed by atoms with Gasteiger partial charge in [-0.3, -0.25) is 10.1 Å². The summed E-state index contributed by atoms with van der Waals surface area (Å²) in [5, 5.41) is 20.7. The number of hydrogen-bond donors (Lipinski definition) is 1. The fourth-order valence-corrected chi connectivity index (χ4v) is 1.50. The summed E-state index contributed by atoms with van der Waals surface area (Å²) >= 11 is 0. The quantitative estimate of drug-likeness (QED) is 0.634. The molecule has 0 saturated carbocycles. The number of aliphatic hydroxyl groups excluding tert-OH is 1. The van der Waals surface area contributed by atoms with Gasteiger partial charge in [-0.05, 0) is 12.1 Å². The summed E-state index contributed by atoms with van der Waals surface area (Å²) in [4.78, 5) is 10.3. The van der Waals surface area contributed by atoms with Crippen LogP contribution >= 0.6 is 0 Å². The van der Waals surface area contributed by atoms with Gasteiger partial charge in [0.1, 0.15) is 6.10 Å². The Labute approximate surface area is 91.1 Å². The van der Waals surface area contributed by atoms with Crippen LogP contribution in [0.2, 0.25) is 0 Å². The number of rotatable bonds is 3. The van der Waals surface area contributed by atoms with Crippen LogP contribution in [0.1, 0.15) is 17.2 Å². The van der Waals surface area contributed by atoms with Crippen molar-refractivity contribution in [3.63, 3.8) is 0 Å². The molecule has 1 aromatic carbocycles. The fourth-order valence-electron chi connectivity index (χ4n) is 1.50. The largest absolute Gasteiger partial charge is 0.472 e. The van der Waals surface area contributed by atoms with Crippen LogP contribution in [0.25, 0.3) is 0 Å². The SMILES string of the molecule is O=[N+]([O-])c1ccccc1[C@H](O)c1ccoc1. The van der Waals surface area contributed by atoms with Crippen molar-refractivity contribution in [1.29, 1.82) is 0 Å². The van der Waals surface area contributed by atoms with Gasteiger partial charge in [-0.2, -0.15) is 0 Å². The predicted octanol–water partition coefficient (Wildman–Crippen LogP) is 2.27. The zero-order valence-electron chi connectivity index (χ0n) is 8.24. The van der Waals surface area contributed by atoms with E-state index < -0.39 is 11.0 Å². The number of nitro groups is 1. The van der Waals surface area contributed by atoms with E-state index in [1.54, 1.807) is 18.2 Å². The zero-order chi connectivity index (χ0) is 11.5. The maximum atomic E-state index is 10.8. The molecule has 16 heavy (non-hydrogen) atoms. The van der Waals surface area contributed by atoms with Crippen LogP contribution in [-0.2, 0) is 0 Å². The highest BCUT2D eigenvalue weighted by Gasteiger charge is 2.21. The Balaban J connectivity index is 2.44. The van der Waals surface area contributed by atoms with Crippen molar-refractivity contribution in [2.24, 2.45) is 0 Å². The summed E-state index contributed by atoms with van der Waals surface area (Å²) in [7, 11) is 0. The van der Waals surface area contributed by atoms with Gasteiger partial charge in [-0.15, -0.1) is 0 Å². The van der Waals surface area contributed by atoms with Gasteiger partial charge in [0.25, 0.3) is 5.69 Å². The third kappa shape index (κ3) is 1.80. The normalized spacial score (nSPS) is 12.3. The van der Waals surface area contributed by atoms with E-state index in [4.69, 9.17) is 4.42 Å². The van der Waals surface area contributed by atoms with Gasteiger partial charge >= 0.3 is 0 Å². The first-order valence-electron chi connectivity index (χ1n) is 4.63. The summed E-state index contributed by atoms with van der Waals surface area (Å²) in [6.07, 6.45) is 1.73. The molecule has 0 fully saturated rings. The summed E-state index contributed by atoms with van der Waals surface area (Å²) in [5.74, 6) is 0. The van der Waals surface area contributed by atoms with Crippen LogP contribution in [0.15, 0.2) is 47.3 Å². The van der Waals surface area contributed by atoms with E-state index in [0.717, 1.165) is 0 Å². The van der Waals surface area contributed by atoms with Gasteiger partial charge in [0.05, 0.1) is 23.0 Å². The molecule has 2 aromatic rings. The van der Waals surface area contributed by atoms with Crippen molar-refractivity contribution in [3.8, 4) is 0 Å². The number of para-hydroxylation sites is 1. The van der Waals surface area contributed by atoms with E-state index in [2.05, 4.69) is 0 Å². The smallest absolute Gasteiger partial charge is 0.275 e. The summed E-state index contributed by atoms with van der Waals surface area (Å²) < 4.78 is 4.83. The van der Waals surface area contributed by atoms with E-state index >= 15 is 0 Å². The number of hydrogen-bond acceptors (Lipinski definition) is 4. The summed E-state index contributed by atoms with van der Waals surface area (Å²) in [5.41, 5.74) is 0.652. The Bertz CT molecular complexity index is 492. The second-order valence-electron chi connectivity index (χ2n) is 3.28. The lowest BCUT2D eigenvalue weighted by atomic mass is 10.0. The molecular weight excluding hydrogens is 210 g/mol. The molecule has 2 rings (SSSR count). The molecule has 0 radical (unpaired) electrons. The van der Waals surface area contributed by atoms with Crippen LogP contribution < -0.4 is 0 Å². The molecule has 0 unspecified atom stereocenters. The minimum Gasteiger partial charge on any atom is -0.472 e. The first-order chi connectivity index (χ1) is 7.70. The predicted molar refractivity (Wildman–Crippen MR) is 55.9 cm³/mol. The maximum Gasteiger partial charge on any atom is 0.275 e. The molecule has 1 N–H and O–H groups in total. The molecule has 0 amide bonds. The molecule has 0 bridgehead atoms. The minimum absolute atomic E-state index is 0.101. The van der Waals surface area contributed by atoms with Gasteiger partial charge in [0.15, 0.2) is 0 Å². The number of aliphatic hydroxyl groups is 1. The first kappa shape index (κ1) is 10.4. The van der Waals surface area contributed by atoms with Crippen LogP contribution in [0, 0.1) is 10.1 Å². The molecular formula is C11H9NO4. The first-order valence-corrected chi connectivity index (χ1v) is 4.63. The van der Waals surface area contributed by atoms with Gasteiger partial charge in [-0.25, -0.2) is 0 Å². The van der Waals surface area contributed by atoms with Crippen molar-refractivity contribution in [2.45, 2.75) is 6.10 Å². The van der Waals surface area contributed by atoms with E-state index in [9.17, 15) is 15.2 Å². The Morgan fingerprint density at radius 2 is 2.06 bits per heavy atom. The van der Waals surface area contributed by atoms with Gasteiger partial charge in [0.2, 0.25) is 0 Å². The lowest BCUT2D eigenvalue weighted by Crippen LogP contribution is -2.02. The molecule has 0 aliphatic rings. The third-order valence-corrected chi connectivity index (χ3v) is 2.29.